The van der Waals surface area contributed by atoms with Gasteiger partial charge in [-0.15, -0.1) is 0 Å². The van der Waals surface area contributed by atoms with Gasteiger partial charge in [-0.1, -0.05) is 35.5 Å². The maximum Gasteiger partial charge on any atom is 0.210 e. The van der Waals surface area contributed by atoms with Crippen LogP contribution in [-0.2, 0) is 11.2 Å². The molecular weight excluding hydrogens is 344 g/mol. The third-order valence-electron chi connectivity index (χ3n) is 5.15. The summed E-state index contributed by atoms with van der Waals surface area (Å²) in [5.41, 5.74) is 1.72. The average Bonchev–Trinajstić information content (AvgIpc) is 3.42. The first-order valence-electron chi connectivity index (χ1n) is 8.86. The second-order valence-electron chi connectivity index (χ2n) is 6.64. The molecule has 1 saturated heterocycles. The van der Waals surface area contributed by atoms with Crippen LogP contribution in [0, 0.1) is 5.92 Å². The largest absolute Gasteiger partial charge is 0.467 e. The van der Waals surface area contributed by atoms with Gasteiger partial charge in [0.05, 0.1) is 30.3 Å². The highest BCUT2D eigenvalue weighted by Crippen LogP contribution is 2.44. The molecule has 6 heteroatoms. The van der Waals surface area contributed by atoms with Gasteiger partial charge >= 0.3 is 0 Å². The fourth-order valence-electron chi connectivity index (χ4n) is 3.92. The Morgan fingerprint density at radius 1 is 1.04 bits per heavy atom. The van der Waals surface area contributed by atoms with Crippen molar-refractivity contribution < 1.29 is 18.8 Å². The number of furan rings is 2. The zero-order valence-electron chi connectivity index (χ0n) is 14.6. The third-order valence-corrected chi connectivity index (χ3v) is 5.15. The van der Waals surface area contributed by atoms with Crippen LogP contribution in [0.3, 0.4) is 0 Å². The molecule has 0 radical (unpaired) electrons. The van der Waals surface area contributed by atoms with Crippen molar-refractivity contribution in [3.05, 3.63) is 84.2 Å². The van der Waals surface area contributed by atoms with Gasteiger partial charge in [0.1, 0.15) is 11.5 Å². The number of piperidine rings is 1. The van der Waals surface area contributed by atoms with Crippen molar-refractivity contribution in [2.75, 3.05) is 0 Å². The van der Waals surface area contributed by atoms with Crippen LogP contribution in [-0.4, -0.2) is 22.2 Å². The molecule has 1 N–H and O–H groups in total. The summed E-state index contributed by atoms with van der Waals surface area (Å²) in [6, 6.07) is 16.5. The summed E-state index contributed by atoms with van der Waals surface area (Å²) < 4.78 is 11.2. The minimum absolute atomic E-state index is 0.208. The highest BCUT2D eigenvalue weighted by Gasteiger charge is 2.44. The number of likely N-dealkylation sites (tertiary alicyclic amines) is 1. The molecule has 138 valence electrons. The lowest BCUT2D eigenvalue weighted by Gasteiger charge is -2.43. The van der Waals surface area contributed by atoms with Crippen LogP contribution in [0.15, 0.2) is 81.1 Å². The molecule has 4 rings (SSSR count). The minimum Gasteiger partial charge on any atom is -0.467 e. The molecule has 1 fully saturated rings. The number of amides is 1. The van der Waals surface area contributed by atoms with E-state index < -0.39 is 6.04 Å². The highest BCUT2D eigenvalue weighted by molar-refractivity contribution is 5.89. The third kappa shape index (κ3) is 3.26. The first-order chi connectivity index (χ1) is 13.3. The maximum absolute atomic E-state index is 12.1. The number of rotatable bonds is 5. The van der Waals surface area contributed by atoms with Gasteiger partial charge in [-0.25, -0.2) is 0 Å². The summed E-state index contributed by atoms with van der Waals surface area (Å²) >= 11 is 0. The lowest BCUT2D eigenvalue weighted by molar-refractivity contribution is -0.125. The average molecular weight is 364 g/mol. The Bertz CT molecular complexity index is 888. The summed E-state index contributed by atoms with van der Waals surface area (Å²) in [6.45, 7) is 0. The molecule has 0 saturated carbocycles. The molecule has 27 heavy (non-hydrogen) atoms. The van der Waals surface area contributed by atoms with E-state index in [9.17, 15) is 10.0 Å². The standard InChI is InChI=1S/C21H20N2O4/c24-14-23-18(19-8-4-10-26-19)13-17(22-25)16(12-15-6-2-1-3-7-15)21(23)20-9-5-11-27-20/h1-11,14,16,18,21,25H,12-13H2/b22-17-. The van der Waals surface area contributed by atoms with Gasteiger partial charge in [0.2, 0.25) is 6.41 Å². The second-order valence-corrected chi connectivity index (χ2v) is 6.64. The van der Waals surface area contributed by atoms with Gasteiger partial charge < -0.3 is 18.9 Å². The van der Waals surface area contributed by atoms with Crippen LogP contribution in [0.2, 0.25) is 0 Å². The van der Waals surface area contributed by atoms with Crippen molar-refractivity contribution in [3.8, 4) is 0 Å². The van der Waals surface area contributed by atoms with Crippen LogP contribution in [0.1, 0.15) is 35.6 Å². The van der Waals surface area contributed by atoms with Crippen molar-refractivity contribution in [2.45, 2.75) is 24.9 Å². The van der Waals surface area contributed by atoms with Gasteiger partial charge in [0.15, 0.2) is 0 Å². The molecule has 3 unspecified atom stereocenters. The van der Waals surface area contributed by atoms with Gasteiger partial charge in [0, 0.05) is 12.3 Å². The first-order valence-corrected chi connectivity index (χ1v) is 8.86. The smallest absolute Gasteiger partial charge is 0.210 e. The van der Waals surface area contributed by atoms with E-state index in [-0.39, 0.29) is 12.0 Å². The molecule has 0 aliphatic carbocycles. The number of benzene rings is 1. The Morgan fingerprint density at radius 2 is 1.74 bits per heavy atom. The van der Waals surface area contributed by atoms with Crippen LogP contribution in [0.4, 0.5) is 0 Å². The minimum atomic E-state index is -0.396. The van der Waals surface area contributed by atoms with Crippen LogP contribution in [0.5, 0.6) is 0 Å². The first kappa shape index (κ1) is 17.1. The van der Waals surface area contributed by atoms with E-state index in [1.54, 1.807) is 29.6 Å². The Labute approximate surface area is 156 Å². The van der Waals surface area contributed by atoms with E-state index in [1.807, 2.05) is 42.5 Å². The monoisotopic (exact) mass is 364 g/mol. The Kier molecular flexibility index (Phi) is 4.78. The molecule has 2 aromatic heterocycles. The SMILES string of the molecule is O=CN1C(c2ccco2)C/C(=N/O)C(Cc2ccccc2)C1c1ccco1. The van der Waals surface area contributed by atoms with E-state index in [1.165, 1.54) is 0 Å². The van der Waals surface area contributed by atoms with Gasteiger partial charge in [0.25, 0.3) is 0 Å². The molecule has 0 bridgehead atoms. The number of carbonyl (C=O) groups excluding carboxylic acids is 1. The van der Waals surface area contributed by atoms with Gasteiger partial charge in [-0.05, 0) is 36.2 Å². The molecule has 1 aromatic carbocycles. The fraction of sp³-hybridized carbons (Fsp3) is 0.238. The lowest BCUT2D eigenvalue weighted by Crippen LogP contribution is -2.45. The summed E-state index contributed by atoms with van der Waals surface area (Å²) in [4.78, 5) is 13.8. The summed E-state index contributed by atoms with van der Waals surface area (Å²) in [6.07, 6.45) is 5.01. The van der Waals surface area contributed by atoms with Crippen molar-refractivity contribution in [3.63, 3.8) is 0 Å². The highest BCUT2D eigenvalue weighted by atomic mass is 16.4. The van der Waals surface area contributed by atoms with E-state index in [2.05, 4.69) is 5.16 Å². The Hall–Kier alpha value is -3.28. The quantitative estimate of drug-likeness (QED) is 0.418. The van der Waals surface area contributed by atoms with E-state index in [0.717, 1.165) is 12.0 Å². The molecule has 1 amide bonds. The molecule has 1 aliphatic rings. The summed E-state index contributed by atoms with van der Waals surface area (Å²) in [5.74, 6) is 1.10. The predicted molar refractivity (Wildman–Crippen MR) is 98.3 cm³/mol. The number of oxime groups is 1. The normalized spacial score (nSPS) is 24.2. The van der Waals surface area contributed by atoms with Crippen molar-refractivity contribution >= 4 is 12.1 Å². The molecule has 6 nitrogen and oxygen atoms in total. The van der Waals surface area contributed by atoms with Crippen LogP contribution >= 0.6 is 0 Å². The Balaban J connectivity index is 1.77. The second kappa shape index (κ2) is 7.53. The molecule has 0 spiro atoms. The van der Waals surface area contributed by atoms with E-state index in [0.29, 0.717) is 30.1 Å². The predicted octanol–water partition coefficient (Wildman–Crippen LogP) is 4.21. The topological polar surface area (TPSA) is 79.2 Å². The molecule has 3 atom stereocenters. The zero-order chi connectivity index (χ0) is 18.6. The molecular formula is C21H20N2O4. The summed E-state index contributed by atoms with van der Waals surface area (Å²) in [7, 11) is 0. The zero-order valence-corrected chi connectivity index (χ0v) is 14.6. The molecule has 1 aliphatic heterocycles. The van der Waals surface area contributed by atoms with Crippen molar-refractivity contribution in [1.82, 2.24) is 4.90 Å². The van der Waals surface area contributed by atoms with Crippen LogP contribution in [0.25, 0.3) is 0 Å². The van der Waals surface area contributed by atoms with Crippen molar-refractivity contribution in [1.29, 1.82) is 0 Å². The van der Waals surface area contributed by atoms with Gasteiger partial charge in [-0.3, -0.25) is 4.79 Å². The van der Waals surface area contributed by atoms with E-state index in [4.69, 9.17) is 8.83 Å². The Morgan fingerprint density at radius 3 is 2.33 bits per heavy atom. The van der Waals surface area contributed by atoms with E-state index >= 15 is 0 Å². The number of hydrogen-bond donors (Lipinski definition) is 1. The fourth-order valence-corrected chi connectivity index (χ4v) is 3.92. The maximum atomic E-state index is 12.1. The van der Waals surface area contributed by atoms with Crippen LogP contribution < -0.4 is 0 Å². The van der Waals surface area contributed by atoms with Gasteiger partial charge in [-0.2, -0.15) is 0 Å². The molecule has 3 heterocycles. The number of nitrogens with zero attached hydrogens (tertiary/aromatic N) is 2. The number of hydrogen-bond acceptors (Lipinski definition) is 5. The van der Waals surface area contributed by atoms with Crippen molar-refractivity contribution in [2.24, 2.45) is 11.1 Å². The summed E-state index contributed by atoms with van der Waals surface area (Å²) in [5, 5.41) is 13.4. The number of carbonyl (C=O) groups is 1. The lowest BCUT2D eigenvalue weighted by atomic mass is 9.78. The molecule has 3 aromatic rings.